The van der Waals surface area contributed by atoms with Gasteiger partial charge >= 0.3 is 11.9 Å². The molecule has 1 saturated heterocycles. The van der Waals surface area contributed by atoms with E-state index in [-0.39, 0.29) is 24.0 Å². The number of aliphatic hydroxyl groups is 2. The van der Waals surface area contributed by atoms with Crippen LogP contribution in [0.2, 0.25) is 0 Å². The summed E-state index contributed by atoms with van der Waals surface area (Å²) in [6.45, 7) is 15.6. The van der Waals surface area contributed by atoms with Crippen molar-refractivity contribution in [1.82, 2.24) is 20.3 Å². The molecule has 51 heavy (non-hydrogen) atoms. The first-order valence-corrected chi connectivity index (χ1v) is 17.3. The summed E-state index contributed by atoms with van der Waals surface area (Å²) in [5.41, 5.74) is 8.51. The molecule has 3 aromatic rings. The van der Waals surface area contributed by atoms with Crippen molar-refractivity contribution in [3.8, 4) is 0 Å². The summed E-state index contributed by atoms with van der Waals surface area (Å²) in [5, 5.41) is 26.9. The Balaban J connectivity index is 1.62. The Morgan fingerprint density at radius 2 is 1.76 bits per heavy atom. The van der Waals surface area contributed by atoms with Crippen LogP contribution in [-0.2, 0) is 25.5 Å². The zero-order valence-corrected chi connectivity index (χ0v) is 30.1. The van der Waals surface area contributed by atoms with Gasteiger partial charge in [0.15, 0.2) is 5.78 Å². The van der Waals surface area contributed by atoms with E-state index in [4.69, 9.17) is 9.47 Å². The minimum absolute atomic E-state index is 0.00801. The molecule has 0 saturated carbocycles. The first-order chi connectivity index (χ1) is 24.3. The first kappa shape index (κ1) is 35.5. The normalized spacial score (nSPS) is 23.7. The summed E-state index contributed by atoms with van der Waals surface area (Å²) in [6.07, 6.45) is 9.92. The number of hydrogen-bond donors (Lipinski definition) is 6. The van der Waals surface area contributed by atoms with Crippen molar-refractivity contribution < 1.29 is 34.1 Å². The number of esters is 2. The highest BCUT2D eigenvalue weighted by molar-refractivity contribution is 6.19. The Morgan fingerprint density at radius 1 is 1.04 bits per heavy atom. The lowest BCUT2D eigenvalue weighted by Gasteiger charge is -2.25. The second-order valence-electron chi connectivity index (χ2n) is 13.8. The van der Waals surface area contributed by atoms with Gasteiger partial charge in [0.25, 0.3) is 0 Å². The molecule has 6 N–H and O–H groups in total. The maximum Gasteiger partial charge on any atom is 0.320 e. The van der Waals surface area contributed by atoms with E-state index in [1.165, 1.54) is 13.2 Å². The molecule has 3 aliphatic rings. The number of Topliss-reactive ketones (excluding diaryl/α,β-unsaturated/α-hetero) is 1. The number of carbonyl (C=O) groups excluding carboxylic acids is 3. The van der Waals surface area contributed by atoms with E-state index in [2.05, 4.69) is 33.8 Å². The van der Waals surface area contributed by atoms with Gasteiger partial charge in [0.1, 0.15) is 5.92 Å². The fourth-order valence-electron chi connectivity index (χ4n) is 8.01. The second-order valence-corrected chi connectivity index (χ2v) is 13.8. The number of allylic oxidation sites excluding steroid dienone is 2. The molecule has 8 bridgehead atoms. The topological polar surface area (TPSA) is 170 Å². The summed E-state index contributed by atoms with van der Waals surface area (Å²) in [4.78, 5) is 51.2. The number of hydrogen-bond acceptors (Lipinski definition) is 8. The number of nitrogens with one attached hydrogen (secondary N) is 4. The van der Waals surface area contributed by atoms with E-state index in [9.17, 15) is 24.6 Å². The van der Waals surface area contributed by atoms with Gasteiger partial charge in [-0.05, 0) is 93.0 Å². The maximum atomic E-state index is 14.2. The van der Waals surface area contributed by atoms with Gasteiger partial charge in [-0.25, -0.2) is 0 Å². The number of aromatic amines is 3. The third kappa shape index (κ3) is 6.09. The van der Waals surface area contributed by atoms with Crippen molar-refractivity contribution >= 4 is 53.9 Å². The molecule has 11 nitrogen and oxygen atoms in total. The maximum absolute atomic E-state index is 14.2. The van der Waals surface area contributed by atoms with E-state index in [1.54, 1.807) is 19.9 Å². The van der Waals surface area contributed by atoms with Crippen LogP contribution < -0.4 is 26.6 Å². The van der Waals surface area contributed by atoms with Gasteiger partial charge in [-0.1, -0.05) is 32.1 Å². The fraction of sp³-hybridized carbons (Fsp3) is 0.375. The Kier molecular flexibility index (Phi) is 9.61. The molecule has 5 heterocycles. The van der Waals surface area contributed by atoms with Gasteiger partial charge < -0.3 is 40.0 Å². The molecule has 3 aromatic heterocycles. The Morgan fingerprint density at radius 3 is 2.41 bits per heavy atom. The van der Waals surface area contributed by atoms with Gasteiger partial charge in [-0.3, -0.25) is 14.4 Å². The highest BCUT2D eigenvalue weighted by atomic mass is 16.6. The van der Waals surface area contributed by atoms with Crippen LogP contribution in [0.5, 0.6) is 0 Å². The van der Waals surface area contributed by atoms with Crippen molar-refractivity contribution in [2.45, 2.75) is 73.1 Å². The summed E-state index contributed by atoms with van der Waals surface area (Å²) in [5.74, 6) is -3.14. The van der Waals surface area contributed by atoms with E-state index in [0.717, 1.165) is 51.3 Å². The van der Waals surface area contributed by atoms with E-state index in [0.29, 0.717) is 50.8 Å². The Bertz CT molecular complexity index is 2270. The van der Waals surface area contributed by atoms with Gasteiger partial charge in [-0.2, -0.15) is 0 Å². The predicted molar refractivity (Wildman–Crippen MR) is 196 cm³/mol. The Hall–Kier alpha value is -5.29. The quantitative estimate of drug-likeness (QED) is 0.0906. The average Bonchev–Trinajstić information content (AvgIpc) is 3.83. The third-order valence-corrected chi connectivity index (χ3v) is 10.6. The van der Waals surface area contributed by atoms with Crippen LogP contribution in [0.1, 0.15) is 90.2 Å². The lowest BCUT2D eigenvalue weighted by molar-refractivity contribution is -0.161. The lowest BCUT2D eigenvalue weighted by atomic mass is 9.80. The molecule has 5 atom stereocenters. The number of carbonyl (C=O) groups is 3. The number of aliphatic hydroxyl groups excluding tert-OH is 2. The van der Waals surface area contributed by atoms with Crippen LogP contribution in [0, 0.1) is 31.6 Å². The highest BCUT2D eigenvalue weighted by Gasteiger charge is 2.49. The Labute approximate surface area is 295 Å². The number of aromatic nitrogens is 3. The van der Waals surface area contributed by atoms with Crippen LogP contribution in [0.25, 0.3) is 36.1 Å². The van der Waals surface area contributed by atoms with Crippen molar-refractivity contribution in [3.05, 3.63) is 90.1 Å². The van der Waals surface area contributed by atoms with E-state index >= 15 is 0 Å². The molecule has 11 heteroatoms. The van der Waals surface area contributed by atoms with Gasteiger partial charge in [0, 0.05) is 56.8 Å². The fourth-order valence-corrected chi connectivity index (χ4v) is 8.01. The van der Waals surface area contributed by atoms with Gasteiger partial charge in [0.2, 0.25) is 6.29 Å². The molecule has 6 rings (SSSR count). The third-order valence-electron chi connectivity index (χ3n) is 10.6. The number of ether oxygens (including phenoxy) is 2. The van der Waals surface area contributed by atoms with Crippen LogP contribution in [0.3, 0.4) is 0 Å². The molecule has 0 spiro atoms. The largest absolute Gasteiger partial charge is 0.515 e. The average molecular weight is 695 g/mol. The number of fused-ring (bicyclic) bond motifs is 8. The summed E-state index contributed by atoms with van der Waals surface area (Å²) in [7, 11) is 1.27. The molecule has 0 radical (unpaired) electrons. The molecule has 1 unspecified atom stereocenters. The second kappa shape index (κ2) is 13.8. The number of H-pyrrole nitrogens is 3. The molecule has 1 aliphatic carbocycles. The van der Waals surface area contributed by atoms with Crippen LogP contribution in [0.4, 0.5) is 0 Å². The SMILES string of the molecule is C=Cc1c2[nH]c(c1C)/C=C1\NC(C3=c4[nH]/c(c(C)c4C(=O)[C@@H]3C(=O)OC)=C\c3[nH]c(/c(=C\O)c3CC)=C\2)[C@@H](CCC(=O)O[C@@H](O)C=C(C)C)[C@@H]1C. The molecule has 0 amide bonds. The minimum atomic E-state index is -1.35. The molecule has 0 aromatic carbocycles. The highest BCUT2D eigenvalue weighted by Crippen LogP contribution is 2.42. The van der Waals surface area contributed by atoms with Crippen molar-refractivity contribution in [3.63, 3.8) is 0 Å². The van der Waals surface area contributed by atoms with E-state index in [1.807, 2.05) is 39.0 Å². The predicted octanol–water partition coefficient (Wildman–Crippen LogP) is 2.77. The van der Waals surface area contributed by atoms with Crippen LogP contribution >= 0.6 is 0 Å². The van der Waals surface area contributed by atoms with Crippen molar-refractivity contribution in [1.29, 1.82) is 0 Å². The zero-order valence-electron chi connectivity index (χ0n) is 30.1. The molecule has 2 aliphatic heterocycles. The smallest absolute Gasteiger partial charge is 0.320 e. The zero-order chi connectivity index (χ0) is 36.9. The molecular weight excluding hydrogens is 648 g/mol. The number of rotatable bonds is 8. The molecule has 1 fully saturated rings. The lowest BCUT2D eigenvalue weighted by Crippen LogP contribution is -2.38. The molecule has 268 valence electrons. The summed E-state index contributed by atoms with van der Waals surface area (Å²) < 4.78 is 10.5. The van der Waals surface area contributed by atoms with Crippen molar-refractivity contribution in [2.75, 3.05) is 7.11 Å². The number of methoxy groups -OCH3 is 1. The van der Waals surface area contributed by atoms with Gasteiger partial charge in [0.05, 0.1) is 30.1 Å². The first-order valence-electron chi connectivity index (χ1n) is 17.3. The standard InChI is InChI=1S/C40H46N4O7/c1-9-22-19(5)26-14-27-20(6)24(11-12-32(46)51-33(47)13-18(3)4)37(43-27)35-36(40(49)50-8)39(48)34-21(7)28(44-38(34)35)15-30-23(10-2)25(17-45)31(42-30)16-29(22)41-26/h9,13-17,20,24,33,36-37,41-45,47H,1,10-12H2,2-8H3/b25-17-,27-14-,28-15-,31-16-/t20-,24-,33+,36+,37?/m0/s1. The summed E-state index contributed by atoms with van der Waals surface area (Å²) >= 11 is 0. The van der Waals surface area contributed by atoms with Crippen molar-refractivity contribution in [2.24, 2.45) is 17.8 Å². The number of ketones is 1. The van der Waals surface area contributed by atoms with Crippen LogP contribution in [-0.4, -0.2) is 62.3 Å². The molecular formula is C40H46N4O7. The van der Waals surface area contributed by atoms with E-state index < -0.39 is 30.2 Å². The van der Waals surface area contributed by atoms with Gasteiger partial charge in [-0.15, -0.1) is 0 Å². The minimum Gasteiger partial charge on any atom is -0.515 e. The summed E-state index contributed by atoms with van der Waals surface area (Å²) in [6, 6.07) is -0.533. The monoisotopic (exact) mass is 694 g/mol. The van der Waals surface area contributed by atoms with Crippen LogP contribution in [0.15, 0.2) is 23.9 Å².